The maximum absolute atomic E-state index is 11.8. The topological polar surface area (TPSA) is 68.5 Å². The third-order valence-corrected chi connectivity index (χ3v) is 3.32. The fourth-order valence-electron chi connectivity index (χ4n) is 2.15. The third-order valence-electron chi connectivity index (χ3n) is 3.32. The molecule has 0 saturated carbocycles. The van der Waals surface area contributed by atoms with Crippen molar-refractivity contribution in [1.29, 1.82) is 0 Å². The molecule has 3 rings (SSSR count). The Hall–Kier alpha value is -3.15. The highest BCUT2D eigenvalue weighted by molar-refractivity contribution is 5.85. The van der Waals surface area contributed by atoms with Crippen molar-refractivity contribution in [2.75, 3.05) is 6.61 Å². The number of aryl methyl sites for hydroxylation is 1. The van der Waals surface area contributed by atoms with Crippen LogP contribution in [0.1, 0.15) is 5.69 Å². The molecular weight excluding hydrogens is 292 g/mol. The lowest BCUT2D eigenvalue weighted by molar-refractivity contribution is -0.123. The minimum Gasteiger partial charge on any atom is -0.481 e. The number of fused-ring (bicyclic) bond motifs is 1. The van der Waals surface area contributed by atoms with Gasteiger partial charge in [0.1, 0.15) is 11.3 Å². The van der Waals surface area contributed by atoms with Gasteiger partial charge >= 0.3 is 0 Å². The monoisotopic (exact) mass is 308 g/mol. The average molecular weight is 308 g/mol. The summed E-state index contributed by atoms with van der Waals surface area (Å²) in [4.78, 5) is 16.1. The first-order valence-electron chi connectivity index (χ1n) is 7.14. The Morgan fingerprint density at radius 2 is 2.17 bits per heavy atom. The summed E-state index contributed by atoms with van der Waals surface area (Å²) in [6, 6.07) is 13.2. The standard InChI is InChI=1S/C17H16N4O2/c1-21-10-4-7-14(21)11-19-20-16(22)12-23-15-8-2-5-13-6-3-9-18-17(13)15/h2-11H,12H2,1H3,(H,20,22)/b19-11+. The van der Waals surface area contributed by atoms with Crippen molar-refractivity contribution in [1.82, 2.24) is 15.0 Å². The van der Waals surface area contributed by atoms with Gasteiger partial charge in [-0.05, 0) is 24.3 Å². The molecule has 1 amide bonds. The SMILES string of the molecule is Cn1cccc1/C=N/NC(=O)COc1cccc2cccnc12. The Kier molecular flexibility index (Phi) is 4.33. The fourth-order valence-corrected chi connectivity index (χ4v) is 2.15. The van der Waals surface area contributed by atoms with Gasteiger partial charge < -0.3 is 9.30 Å². The average Bonchev–Trinajstić information content (AvgIpc) is 2.98. The van der Waals surface area contributed by atoms with Crippen molar-refractivity contribution in [3.63, 3.8) is 0 Å². The molecule has 1 N–H and O–H groups in total. The number of para-hydroxylation sites is 1. The molecule has 0 aliphatic heterocycles. The van der Waals surface area contributed by atoms with Crippen molar-refractivity contribution in [3.05, 3.63) is 60.6 Å². The van der Waals surface area contributed by atoms with Crippen LogP contribution in [0.3, 0.4) is 0 Å². The van der Waals surface area contributed by atoms with Crippen LogP contribution in [0.2, 0.25) is 0 Å². The zero-order valence-corrected chi connectivity index (χ0v) is 12.6. The van der Waals surface area contributed by atoms with E-state index < -0.39 is 0 Å². The number of aromatic nitrogens is 2. The first kappa shape index (κ1) is 14.8. The Morgan fingerprint density at radius 1 is 1.30 bits per heavy atom. The number of pyridine rings is 1. The van der Waals surface area contributed by atoms with E-state index in [2.05, 4.69) is 15.5 Å². The molecule has 0 aliphatic rings. The molecule has 0 fully saturated rings. The van der Waals surface area contributed by atoms with E-state index in [-0.39, 0.29) is 12.5 Å². The number of carbonyl (C=O) groups excluding carboxylic acids is 1. The molecule has 2 heterocycles. The van der Waals surface area contributed by atoms with Gasteiger partial charge in [0.2, 0.25) is 0 Å². The van der Waals surface area contributed by atoms with E-state index in [1.165, 1.54) is 0 Å². The largest absolute Gasteiger partial charge is 0.481 e. The van der Waals surface area contributed by atoms with Crippen molar-refractivity contribution in [2.45, 2.75) is 0 Å². The Balaban J connectivity index is 1.58. The van der Waals surface area contributed by atoms with E-state index in [0.717, 1.165) is 16.6 Å². The van der Waals surface area contributed by atoms with Gasteiger partial charge in [-0.2, -0.15) is 5.10 Å². The second-order valence-electron chi connectivity index (χ2n) is 4.96. The Bertz CT molecular complexity index is 849. The van der Waals surface area contributed by atoms with Crippen LogP contribution in [0.25, 0.3) is 10.9 Å². The van der Waals surface area contributed by atoms with Gasteiger partial charge in [-0.3, -0.25) is 9.78 Å². The van der Waals surface area contributed by atoms with Gasteiger partial charge in [0.25, 0.3) is 5.91 Å². The summed E-state index contributed by atoms with van der Waals surface area (Å²) in [5.74, 6) is 0.244. The predicted molar refractivity (Wildman–Crippen MR) is 88.4 cm³/mol. The van der Waals surface area contributed by atoms with E-state index >= 15 is 0 Å². The van der Waals surface area contributed by atoms with Crippen molar-refractivity contribution in [3.8, 4) is 5.75 Å². The number of amides is 1. The molecule has 0 aliphatic carbocycles. The zero-order chi connectivity index (χ0) is 16.1. The minimum absolute atomic E-state index is 0.125. The van der Waals surface area contributed by atoms with Crippen molar-refractivity contribution in [2.24, 2.45) is 12.1 Å². The number of hydrogen-bond donors (Lipinski definition) is 1. The van der Waals surface area contributed by atoms with Crippen molar-refractivity contribution < 1.29 is 9.53 Å². The van der Waals surface area contributed by atoms with E-state index in [9.17, 15) is 4.79 Å². The van der Waals surface area contributed by atoms with Gasteiger partial charge in [-0.15, -0.1) is 0 Å². The van der Waals surface area contributed by atoms with Crippen LogP contribution in [0.5, 0.6) is 5.75 Å². The summed E-state index contributed by atoms with van der Waals surface area (Å²) < 4.78 is 7.44. The van der Waals surface area contributed by atoms with Gasteiger partial charge in [-0.1, -0.05) is 18.2 Å². The second-order valence-corrected chi connectivity index (χ2v) is 4.96. The third kappa shape index (κ3) is 3.55. The lowest BCUT2D eigenvalue weighted by Crippen LogP contribution is -2.24. The number of benzene rings is 1. The van der Waals surface area contributed by atoms with Gasteiger partial charge in [0.15, 0.2) is 6.61 Å². The molecule has 6 heteroatoms. The smallest absolute Gasteiger partial charge is 0.277 e. The van der Waals surface area contributed by atoms with Gasteiger partial charge in [-0.25, -0.2) is 5.43 Å². The van der Waals surface area contributed by atoms with Gasteiger partial charge in [0, 0.05) is 24.8 Å². The number of rotatable bonds is 5. The highest BCUT2D eigenvalue weighted by Gasteiger charge is 2.05. The molecule has 1 aromatic carbocycles. The van der Waals surface area contributed by atoms with E-state index in [4.69, 9.17) is 4.74 Å². The summed E-state index contributed by atoms with van der Waals surface area (Å²) in [6.45, 7) is -0.125. The fraction of sp³-hybridized carbons (Fsp3) is 0.118. The number of nitrogens with zero attached hydrogens (tertiary/aromatic N) is 3. The second kappa shape index (κ2) is 6.74. The highest BCUT2D eigenvalue weighted by Crippen LogP contribution is 2.22. The van der Waals surface area contributed by atoms with Gasteiger partial charge in [0.05, 0.1) is 11.9 Å². The molecule has 2 aromatic heterocycles. The Labute approximate surface area is 133 Å². The normalized spacial score (nSPS) is 11.0. The molecule has 23 heavy (non-hydrogen) atoms. The van der Waals surface area contributed by atoms with Crippen LogP contribution in [-0.4, -0.2) is 28.3 Å². The van der Waals surface area contributed by atoms with E-state index in [1.54, 1.807) is 18.5 Å². The van der Waals surface area contributed by atoms with Crippen LogP contribution in [0, 0.1) is 0 Å². The lowest BCUT2D eigenvalue weighted by Gasteiger charge is -2.07. The molecule has 0 radical (unpaired) electrons. The first-order chi connectivity index (χ1) is 11.2. The van der Waals surface area contributed by atoms with Crippen LogP contribution >= 0.6 is 0 Å². The minimum atomic E-state index is -0.330. The number of carbonyl (C=O) groups is 1. The molecule has 3 aromatic rings. The van der Waals surface area contributed by atoms with E-state index in [1.807, 2.05) is 54.2 Å². The zero-order valence-electron chi connectivity index (χ0n) is 12.6. The number of nitrogens with one attached hydrogen (secondary N) is 1. The molecule has 0 spiro atoms. The summed E-state index contributed by atoms with van der Waals surface area (Å²) in [5.41, 5.74) is 4.06. The molecule has 116 valence electrons. The molecule has 0 saturated heterocycles. The summed E-state index contributed by atoms with van der Waals surface area (Å²) in [5, 5.41) is 4.87. The van der Waals surface area contributed by atoms with Crippen LogP contribution in [-0.2, 0) is 11.8 Å². The van der Waals surface area contributed by atoms with Crippen LogP contribution in [0.4, 0.5) is 0 Å². The number of hydrazone groups is 1. The van der Waals surface area contributed by atoms with Crippen LogP contribution < -0.4 is 10.2 Å². The summed E-state index contributed by atoms with van der Waals surface area (Å²) >= 11 is 0. The molecular formula is C17H16N4O2. The Morgan fingerprint density at radius 3 is 3.00 bits per heavy atom. The lowest BCUT2D eigenvalue weighted by atomic mass is 10.2. The summed E-state index contributed by atoms with van der Waals surface area (Å²) in [6.07, 6.45) is 5.18. The van der Waals surface area contributed by atoms with Crippen LogP contribution in [0.15, 0.2) is 60.0 Å². The van der Waals surface area contributed by atoms with E-state index in [0.29, 0.717) is 5.75 Å². The molecule has 0 atom stereocenters. The first-order valence-corrected chi connectivity index (χ1v) is 7.14. The predicted octanol–water partition coefficient (Wildman–Crippen LogP) is 2.10. The highest BCUT2D eigenvalue weighted by atomic mass is 16.5. The molecule has 6 nitrogen and oxygen atoms in total. The number of hydrogen-bond acceptors (Lipinski definition) is 4. The maximum atomic E-state index is 11.8. The quantitative estimate of drug-likeness (QED) is 0.580. The molecule has 0 bridgehead atoms. The molecule has 0 unspecified atom stereocenters. The van der Waals surface area contributed by atoms with Crippen molar-refractivity contribution >= 4 is 23.0 Å². The summed E-state index contributed by atoms with van der Waals surface area (Å²) in [7, 11) is 1.90. The number of ether oxygens (including phenoxy) is 1. The maximum Gasteiger partial charge on any atom is 0.277 e.